The maximum atomic E-state index is 12.2. The number of carbonyl (C=O) groups excluding carboxylic acids is 1. The molecule has 0 aromatic carbocycles. The van der Waals surface area contributed by atoms with Crippen LogP contribution in [-0.4, -0.2) is 16.9 Å². The molecular formula is C14H22N4O. The third-order valence-electron chi connectivity index (χ3n) is 3.79. The van der Waals surface area contributed by atoms with Crippen molar-refractivity contribution in [2.24, 2.45) is 11.8 Å². The van der Waals surface area contributed by atoms with Gasteiger partial charge >= 0.3 is 0 Å². The fourth-order valence-electron chi connectivity index (χ4n) is 2.53. The van der Waals surface area contributed by atoms with Gasteiger partial charge in [-0.1, -0.05) is 6.92 Å². The van der Waals surface area contributed by atoms with Crippen molar-refractivity contribution in [3.8, 4) is 0 Å². The summed E-state index contributed by atoms with van der Waals surface area (Å²) in [4.78, 5) is 16.4. The molecule has 1 aliphatic rings. The molecule has 1 aliphatic carbocycles. The number of amides is 1. The number of anilines is 1. The van der Waals surface area contributed by atoms with Gasteiger partial charge in [0.2, 0.25) is 0 Å². The number of nitrogens with two attached hydrogens (primary N) is 1. The zero-order chi connectivity index (χ0) is 13.8. The van der Waals surface area contributed by atoms with E-state index in [9.17, 15) is 4.79 Å². The highest BCUT2D eigenvalue weighted by Crippen LogP contribution is 2.24. The lowest BCUT2D eigenvalue weighted by atomic mass is 9.87. The van der Waals surface area contributed by atoms with Gasteiger partial charge in [0.25, 0.3) is 5.91 Å². The molecule has 19 heavy (non-hydrogen) atoms. The smallest absolute Gasteiger partial charge is 0.255 e. The van der Waals surface area contributed by atoms with Gasteiger partial charge in [-0.05, 0) is 44.6 Å². The number of aryl methyl sites for hydroxylation is 1. The molecule has 2 rings (SSSR count). The topological polar surface area (TPSA) is 80.0 Å². The molecule has 1 heterocycles. The van der Waals surface area contributed by atoms with Gasteiger partial charge in [-0.3, -0.25) is 15.6 Å². The van der Waals surface area contributed by atoms with Gasteiger partial charge in [0.15, 0.2) is 0 Å². The molecule has 4 N–H and O–H groups in total. The zero-order valence-electron chi connectivity index (χ0n) is 11.6. The van der Waals surface area contributed by atoms with Crippen LogP contribution in [0.15, 0.2) is 12.3 Å². The summed E-state index contributed by atoms with van der Waals surface area (Å²) in [6, 6.07) is 2.05. The number of hydrazine groups is 1. The van der Waals surface area contributed by atoms with Crippen molar-refractivity contribution in [2.75, 3.05) is 5.43 Å². The molecule has 1 aromatic heterocycles. The number of rotatable bonds is 3. The predicted octanol–water partition coefficient (Wildman–Crippen LogP) is 1.98. The number of hydrogen-bond donors (Lipinski definition) is 3. The molecule has 1 fully saturated rings. The monoisotopic (exact) mass is 262 g/mol. The zero-order valence-corrected chi connectivity index (χ0v) is 11.6. The summed E-state index contributed by atoms with van der Waals surface area (Å²) in [6.45, 7) is 4.13. The van der Waals surface area contributed by atoms with E-state index in [0.29, 0.717) is 11.3 Å². The van der Waals surface area contributed by atoms with Crippen LogP contribution >= 0.6 is 0 Å². The molecule has 0 spiro atoms. The second-order valence-electron chi connectivity index (χ2n) is 5.45. The highest BCUT2D eigenvalue weighted by atomic mass is 16.1. The van der Waals surface area contributed by atoms with Gasteiger partial charge < -0.3 is 10.7 Å². The Balaban J connectivity index is 2.03. The van der Waals surface area contributed by atoms with Gasteiger partial charge in [-0.15, -0.1) is 0 Å². The second kappa shape index (κ2) is 6.02. The lowest BCUT2D eigenvalue weighted by Gasteiger charge is -2.27. The summed E-state index contributed by atoms with van der Waals surface area (Å²) in [5.74, 6) is 6.13. The number of carbonyl (C=O) groups is 1. The summed E-state index contributed by atoms with van der Waals surface area (Å²) >= 11 is 0. The first-order valence-electron chi connectivity index (χ1n) is 6.84. The Hall–Kier alpha value is -1.62. The highest BCUT2D eigenvalue weighted by molar-refractivity contribution is 5.99. The molecule has 0 bridgehead atoms. The second-order valence-corrected chi connectivity index (χ2v) is 5.45. The van der Waals surface area contributed by atoms with E-state index in [1.54, 1.807) is 12.3 Å². The minimum atomic E-state index is -0.0972. The standard InChI is InChI=1S/C14H22N4O/c1-9-3-5-11(6-4-9)17-14(19)12-8-16-10(2)7-13(12)18-15/h7-9,11H,3-6,15H2,1-2H3,(H,16,18)(H,17,19). The normalized spacial score (nSPS) is 22.9. The van der Waals surface area contributed by atoms with Gasteiger partial charge in [0, 0.05) is 17.9 Å². The van der Waals surface area contributed by atoms with Gasteiger partial charge in [0.1, 0.15) is 0 Å². The van der Waals surface area contributed by atoms with Crippen LogP contribution in [0.2, 0.25) is 0 Å². The van der Waals surface area contributed by atoms with Crippen molar-refractivity contribution in [1.29, 1.82) is 0 Å². The molecular weight excluding hydrogens is 240 g/mol. The van der Waals surface area contributed by atoms with Crippen molar-refractivity contribution in [3.63, 3.8) is 0 Å². The van der Waals surface area contributed by atoms with Crippen LogP contribution in [0.3, 0.4) is 0 Å². The number of aromatic nitrogens is 1. The average Bonchev–Trinajstić information content (AvgIpc) is 2.41. The van der Waals surface area contributed by atoms with E-state index < -0.39 is 0 Å². The van der Waals surface area contributed by atoms with Crippen molar-refractivity contribution < 1.29 is 4.79 Å². The summed E-state index contributed by atoms with van der Waals surface area (Å²) in [5, 5.41) is 3.08. The van der Waals surface area contributed by atoms with E-state index in [2.05, 4.69) is 22.7 Å². The fraction of sp³-hybridized carbons (Fsp3) is 0.571. The molecule has 0 aliphatic heterocycles. The van der Waals surface area contributed by atoms with Crippen LogP contribution in [0.4, 0.5) is 5.69 Å². The summed E-state index contributed by atoms with van der Waals surface area (Å²) in [7, 11) is 0. The third kappa shape index (κ3) is 3.44. The maximum Gasteiger partial charge on any atom is 0.255 e. The van der Waals surface area contributed by atoms with E-state index in [-0.39, 0.29) is 11.9 Å². The number of nitrogen functional groups attached to an aromatic ring is 1. The van der Waals surface area contributed by atoms with E-state index in [1.165, 1.54) is 12.8 Å². The third-order valence-corrected chi connectivity index (χ3v) is 3.79. The Labute approximate surface area is 114 Å². The first kappa shape index (κ1) is 13.8. The van der Waals surface area contributed by atoms with Gasteiger partial charge in [-0.2, -0.15) is 0 Å². The Kier molecular flexibility index (Phi) is 4.37. The molecule has 0 atom stereocenters. The predicted molar refractivity (Wildman–Crippen MR) is 75.7 cm³/mol. The lowest BCUT2D eigenvalue weighted by molar-refractivity contribution is 0.0923. The first-order chi connectivity index (χ1) is 9.10. The van der Waals surface area contributed by atoms with Crippen molar-refractivity contribution >= 4 is 11.6 Å². The SMILES string of the molecule is Cc1cc(NN)c(C(=O)NC2CCC(C)CC2)cn1. The van der Waals surface area contributed by atoms with Crippen molar-refractivity contribution in [3.05, 3.63) is 23.5 Å². The number of nitrogens with zero attached hydrogens (tertiary/aromatic N) is 1. The molecule has 1 saturated carbocycles. The van der Waals surface area contributed by atoms with E-state index in [4.69, 9.17) is 5.84 Å². The largest absolute Gasteiger partial charge is 0.349 e. The molecule has 5 nitrogen and oxygen atoms in total. The first-order valence-corrected chi connectivity index (χ1v) is 6.84. The highest BCUT2D eigenvalue weighted by Gasteiger charge is 2.21. The minimum absolute atomic E-state index is 0.0972. The maximum absolute atomic E-state index is 12.2. The lowest BCUT2D eigenvalue weighted by Crippen LogP contribution is -2.37. The Morgan fingerprint density at radius 2 is 2.05 bits per heavy atom. The van der Waals surface area contributed by atoms with Crippen LogP contribution in [0, 0.1) is 12.8 Å². The van der Waals surface area contributed by atoms with Crippen molar-refractivity contribution in [1.82, 2.24) is 10.3 Å². The van der Waals surface area contributed by atoms with Crippen molar-refractivity contribution in [2.45, 2.75) is 45.6 Å². The van der Waals surface area contributed by atoms with Gasteiger partial charge in [0.05, 0.1) is 11.3 Å². The number of pyridine rings is 1. The van der Waals surface area contributed by atoms with Crippen LogP contribution < -0.4 is 16.6 Å². The van der Waals surface area contributed by atoms with E-state index >= 15 is 0 Å². The van der Waals surface area contributed by atoms with Crippen LogP contribution in [0.1, 0.15) is 48.7 Å². The molecule has 5 heteroatoms. The Bertz CT molecular complexity index is 453. The fourth-order valence-corrected chi connectivity index (χ4v) is 2.53. The summed E-state index contributed by atoms with van der Waals surface area (Å²) < 4.78 is 0. The minimum Gasteiger partial charge on any atom is -0.349 e. The summed E-state index contributed by atoms with van der Waals surface area (Å²) in [5.41, 5.74) is 4.52. The molecule has 0 unspecified atom stereocenters. The molecule has 1 amide bonds. The summed E-state index contributed by atoms with van der Waals surface area (Å²) in [6.07, 6.45) is 6.04. The average molecular weight is 262 g/mol. The molecule has 1 aromatic rings. The quantitative estimate of drug-likeness (QED) is 0.575. The Morgan fingerprint density at radius 3 is 2.68 bits per heavy atom. The van der Waals surface area contributed by atoms with E-state index in [0.717, 1.165) is 24.5 Å². The van der Waals surface area contributed by atoms with Crippen LogP contribution in [0.5, 0.6) is 0 Å². The Morgan fingerprint density at radius 1 is 1.37 bits per heavy atom. The number of nitrogens with one attached hydrogen (secondary N) is 2. The van der Waals surface area contributed by atoms with Crippen LogP contribution in [-0.2, 0) is 0 Å². The van der Waals surface area contributed by atoms with E-state index in [1.807, 2.05) is 6.92 Å². The number of hydrogen-bond acceptors (Lipinski definition) is 4. The van der Waals surface area contributed by atoms with Crippen LogP contribution in [0.25, 0.3) is 0 Å². The molecule has 0 saturated heterocycles. The van der Waals surface area contributed by atoms with Gasteiger partial charge in [-0.25, -0.2) is 0 Å². The molecule has 104 valence electrons. The molecule has 0 radical (unpaired) electrons.